The molecular weight excluding hydrogens is 452 g/mol. The SMILES string of the molecule is C[C@@H](c1ccc(F)cc1)N1CCCC([P+](c2ccccc2)(c2ccccc2)c2ccccc2)C1=O. The number of carbonyl (C=O) groups excluding carboxylic acids is 1. The lowest BCUT2D eigenvalue weighted by Crippen LogP contribution is -2.51. The topological polar surface area (TPSA) is 20.3 Å². The minimum absolute atomic E-state index is 0.116. The largest absolute Gasteiger partial charge is 0.332 e. The molecule has 1 aliphatic heterocycles. The Balaban J connectivity index is 1.68. The molecule has 1 aliphatic rings. The molecule has 4 heteroatoms. The predicted octanol–water partition coefficient (Wildman–Crippen LogP) is 5.87. The summed E-state index contributed by atoms with van der Waals surface area (Å²) >= 11 is 0. The third-order valence-corrected chi connectivity index (χ3v) is 12.0. The van der Waals surface area contributed by atoms with Crippen LogP contribution < -0.4 is 15.9 Å². The second-order valence-electron chi connectivity index (χ2n) is 9.15. The van der Waals surface area contributed by atoms with Crippen molar-refractivity contribution in [2.45, 2.75) is 31.5 Å². The van der Waals surface area contributed by atoms with E-state index in [4.69, 9.17) is 0 Å². The average molecular weight is 483 g/mol. The molecule has 176 valence electrons. The van der Waals surface area contributed by atoms with Crippen molar-refractivity contribution in [3.8, 4) is 0 Å². The summed E-state index contributed by atoms with van der Waals surface area (Å²) in [5.41, 5.74) is 0.801. The Kier molecular flexibility index (Phi) is 6.79. The van der Waals surface area contributed by atoms with Gasteiger partial charge in [0.25, 0.3) is 5.91 Å². The van der Waals surface area contributed by atoms with E-state index < -0.39 is 7.26 Å². The highest BCUT2D eigenvalue weighted by Crippen LogP contribution is 2.62. The number of hydrogen-bond acceptors (Lipinski definition) is 1. The number of hydrogen-bond donors (Lipinski definition) is 0. The molecule has 2 nitrogen and oxygen atoms in total. The summed E-state index contributed by atoms with van der Waals surface area (Å²) in [6.07, 6.45) is 1.79. The van der Waals surface area contributed by atoms with Crippen LogP contribution in [-0.4, -0.2) is 23.0 Å². The second kappa shape index (κ2) is 10.1. The van der Waals surface area contributed by atoms with Crippen molar-refractivity contribution in [1.29, 1.82) is 0 Å². The van der Waals surface area contributed by atoms with Gasteiger partial charge in [-0.05, 0) is 73.9 Å². The first-order chi connectivity index (χ1) is 17.1. The molecular formula is C31H30FNOP+. The van der Waals surface area contributed by atoms with Crippen molar-refractivity contribution in [2.75, 3.05) is 6.54 Å². The lowest BCUT2D eigenvalue weighted by molar-refractivity contribution is -0.135. The zero-order chi connectivity index (χ0) is 24.3. The number of rotatable bonds is 6. The zero-order valence-corrected chi connectivity index (χ0v) is 20.8. The smallest absolute Gasteiger partial charge is 0.265 e. The van der Waals surface area contributed by atoms with Crippen LogP contribution in [0.25, 0.3) is 0 Å². The van der Waals surface area contributed by atoms with Gasteiger partial charge in [-0.1, -0.05) is 66.7 Å². The van der Waals surface area contributed by atoms with Crippen molar-refractivity contribution < 1.29 is 9.18 Å². The Bertz CT molecular complexity index is 1170. The molecule has 1 unspecified atom stereocenters. The Morgan fingerprint density at radius 3 is 1.66 bits per heavy atom. The van der Waals surface area contributed by atoms with Crippen molar-refractivity contribution >= 4 is 29.1 Å². The van der Waals surface area contributed by atoms with Crippen LogP contribution in [0, 0.1) is 5.82 Å². The fourth-order valence-corrected chi connectivity index (χ4v) is 10.5. The molecule has 1 amide bonds. The number of amides is 1. The van der Waals surface area contributed by atoms with Crippen molar-refractivity contribution in [2.24, 2.45) is 0 Å². The summed E-state index contributed by atoms with van der Waals surface area (Å²) in [6, 6.07) is 38.3. The summed E-state index contributed by atoms with van der Waals surface area (Å²) in [4.78, 5) is 16.5. The number of carbonyl (C=O) groups is 1. The molecule has 0 radical (unpaired) electrons. The van der Waals surface area contributed by atoms with Gasteiger partial charge < -0.3 is 4.90 Å². The summed E-state index contributed by atoms with van der Waals surface area (Å²) in [5.74, 6) is -0.0658. The molecule has 1 fully saturated rings. The van der Waals surface area contributed by atoms with Gasteiger partial charge in [0.2, 0.25) is 0 Å². The second-order valence-corrected chi connectivity index (χ2v) is 12.8. The zero-order valence-electron chi connectivity index (χ0n) is 19.9. The van der Waals surface area contributed by atoms with E-state index in [0.29, 0.717) is 6.54 Å². The van der Waals surface area contributed by atoms with E-state index in [9.17, 15) is 9.18 Å². The number of piperidine rings is 1. The van der Waals surface area contributed by atoms with Gasteiger partial charge in [0.15, 0.2) is 5.66 Å². The van der Waals surface area contributed by atoms with Crippen LogP contribution in [0.5, 0.6) is 0 Å². The first-order valence-electron chi connectivity index (χ1n) is 12.2. The highest BCUT2D eigenvalue weighted by Gasteiger charge is 2.57. The fourth-order valence-electron chi connectivity index (χ4n) is 5.52. The predicted molar refractivity (Wildman–Crippen MR) is 145 cm³/mol. The van der Waals surface area contributed by atoms with Gasteiger partial charge in [0.1, 0.15) is 29.0 Å². The van der Waals surface area contributed by atoms with E-state index in [0.717, 1.165) is 18.4 Å². The van der Waals surface area contributed by atoms with Crippen LogP contribution in [-0.2, 0) is 4.79 Å². The molecule has 0 saturated carbocycles. The maximum atomic E-state index is 14.5. The van der Waals surface area contributed by atoms with Gasteiger partial charge in [-0.3, -0.25) is 4.79 Å². The van der Waals surface area contributed by atoms with E-state index in [1.54, 1.807) is 12.1 Å². The molecule has 0 bridgehead atoms. The molecule has 1 saturated heterocycles. The van der Waals surface area contributed by atoms with Gasteiger partial charge in [0, 0.05) is 6.54 Å². The maximum Gasteiger partial charge on any atom is 0.265 e. The van der Waals surface area contributed by atoms with E-state index in [-0.39, 0.29) is 23.4 Å². The van der Waals surface area contributed by atoms with E-state index in [1.165, 1.54) is 28.0 Å². The average Bonchev–Trinajstić information content (AvgIpc) is 2.92. The molecule has 4 aromatic carbocycles. The minimum Gasteiger partial charge on any atom is -0.332 e. The molecule has 0 spiro atoms. The standard InChI is InChI=1S/C31H30FNOP/c1-24(25-19-21-26(32)22-20-25)33-23-11-18-30(31(33)34)35(27-12-5-2-6-13-27,28-14-7-3-8-15-28)29-16-9-4-10-17-29/h2-10,12-17,19-22,24,30H,11,18,23H2,1H3/q+1/t24-,30?/m0/s1. The highest BCUT2D eigenvalue weighted by molar-refractivity contribution is 7.96. The van der Waals surface area contributed by atoms with Gasteiger partial charge in [-0.25, -0.2) is 4.39 Å². The molecule has 0 aromatic heterocycles. The lowest BCUT2D eigenvalue weighted by Gasteiger charge is -2.41. The van der Waals surface area contributed by atoms with E-state index >= 15 is 0 Å². The van der Waals surface area contributed by atoms with Crippen molar-refractivity contribution in [3.05, 3.63) is 127 Å². The fraction of sp³-hybridized carbons (Fsp3) is 0.194. The first-order valence-corrected chi connectivity index (χ1v) is 14.1. The van der Waals surface area contributed by atoms with Crippen LogP contribution in [0.2, 0.25) is 0 Å². The summed E-state index contributed by atoms with van der Waals surface area (Å²) in [5, 5.41) is 3.69. The molecule has 4 aromatic rings. The Morgan fingerprint density at radius 1 is 0.743 bits per heavy atom. The van der Waals surface area contributed by atoms with Gasteiger partial charge in [-0.15, -0.1) is 0 Å². The third kappa shape index (κ3) is 4.30. The highest BCUT2D eigenvalue weighted by atomic mass is 31.2. The monoisotopic (exact) mass is 482 g/mol. The Morgan fingerprint density at radius 2 is 1.20 bits per heavy atom. The van der Waals surface area contributed by atoms with Gasteiger partial charge in [0.05, 0.1) is 6.04 Å². The number of halogens is 1. The van der Waals surface area contributed by atoms with Crippen LogP contribution in [0.3, 0.4) is 0 Å². The number of nitrogens with zero attached hydrogens (tertiary/aromatic N) is 1. The summed E-state index contributed by atoms with van der Waals surface area (Å²) < 4.78 is 13.6. The third-order valence-electron chi connectivity index (χ3n) is 7.22. The van der Waals surface area contributed by atoms with Gasteiger partial charge in [-0.2, -0.15) is 0 Å². The first kappa shape index (κ1) is 23.5. The van der Waals surface area contributed by atoms with E-state index in [2.05, 4.69) is 79.7 Å². The van der Waals surface area contributed by atoms with E-state index in [1.807, 2.05) is 23.1 Å². The minimum atomic E-state index is -2.31. The van der Waals surface area contributed by atoms with Crippen LogP contribution >= 0.6 is 7.26 Å². The summed E-state index contributed by atoms with van der Waals surface area (Å²) in [7, 11) is -2.31. The molecule has 2 atom stereocenters. The van der Waals surface area contributed by atoms with Crippen LogP contribution in [0.1, 0.15) is 31.4 Å². The lowest BCUT2D eigenvalue weighted by atomic mass is 10.0. The van der Waals surface area contributed by atoms with Crippen molar-refractivity contribution in [3.63, 3.8) is 0 Å². The van der Waals surface area contributed by atoms with Gasteiger partial charge >= 0.3 is 0 Å². The molecule has 5 rings (SSSR count). The summed E-state index contributed by atoms with van der Waals surface area (Å²) in [6.45, 7) is 2.77. The normalized spacial score (nSPS) is 17.3. The van der Waals surface area contributed by atoms with Crippen molar-refractivity contribution in [1.82, 2.24) is 4.90 Å². The molecule has 1 heterocycles. The Labute approximate surface area is 207 Å². The molecule has 35 heavy (non-hydrogen) atoms. The quantitative estimate of drug-likeness (QED) is 0.315. The molecule has 0 aliphatic carbocycles. The number of benzene rings is 4. The van der Waals surface area contributed by atoms with Crippen LogP contribution in [0.4, 0.5) is 4.39 Å². The number of likely N-dealkylation sites (tertiary alicyclic amines) is 1. The molecule has 0 N–H and O–H groups in total. The maximum absolute atomic E-state index is 14.5. The Hall–Kier alpha value is -3.29. The van der Waals surface area contributed by atoms with Crippen LogP contribution in [0.15, 0.2) is 115 Å².